The Morgan fingerprint density at radius 2 is 1.03 bits per heavy atom. The largest absolute Gasteiger partial charge is 0.391 e. The Labute approximate surface area is 453 Å². The Kier molecular flexibility index (Phi) is 34.9. The molecular weight excluding hydrogens is 1010 g/mol. The van der Waals surface area contributed by atoms with E-state index in [1.54, 1.807) is 27.7 Å². The van der Waals surface area contributed by atoms with Gasteiger partial charge < -0.3 is 86.3 Å². The highest BCUT2D eigenvalue weighted by atomic mass is 35.5. The van der Waals surface area contributed by atoms with Gasteiger partial charge in [-0.2, -0.15) is 0 Å². The molecule has 0 aromatic heterocycles. The van der Waals surface area contributed by atoms with E-state index in [0.29, 0.717) is 12.3 Å². The molecule has 1 saturated heterocycles. The second-order valence-corrected chi connectivity index (χ2v) is 20.3. The molecule has 12 unspecified atom stereocenters. The van der Waals surface area contributed by atoms with Crippen LogP contribution >= 0.6 is 12.4 Å². The Bertz CT molecular complexity index is 1860. The zero-order chi connectivity index (χ0) is 56.9. The molecule has 1 fully saturated rings. The van der Waals surface area contributed by atoms with E-state index in [2.05, 4.69) is 67.0 Å². The van der Waals surface area contributed by atoms with Crippen LogP contribution in [0, 0.1) is 17.8 Å². The number of amides is 10. The van der Waals surface area contributed by atoms with E-state index in [1.165, 1.54) is 13.8 Å². The van der Waals surface area contributed by atoms with Crippen LogP contribution in [0.15, 0.2) is 0 Å². The van der Waals surface area contributed by atoms with Gasteiger partial charge in [0.2, 0.25) is 59.1 Å². The zero-order valence-corrected chi connectivity index (χ0v) is 46.6. The summed E-state index contributed by atoms with van der Waals surface area (Å²) in [5.41, 5.74) is 23.4. The van der Waals surface area contributed by atoms with Crippen LogP contribution in [-0.4, -0.2) is 169 Å². The summed E-state index contributed by atoms with van der Waals surface area (Å²) in [6.07, 6.45) is -0.459. The van der Waals surface area contributed by atoms with Crippen LogP contribution in [-0.2, 0) is 47.9 Å². The number of carbonyl (C=O) groups is 10. The van der Waals surface area contributed by atoms with Crippen molar-refractivity contribution in [2.75, 3.05) is 32.7 Å². The minimum atomic E-state index is -1.65. The lowest BCUT2D eigenvalue weighted by Gasteiger charge is -2.29. The van der Waals surface area contributed by atoms with Gasteiger partial charge in [-0.15, -0.1) is 12.4 Å². The molecule has 0 aromatic rings. The predicted octanol–water partition coefficient (Wildman–Crippen LogP) is -3.85. The first kappa shape index (κ1) is 70.8. The van der Waals surface area contributed by atoms with Crippen LogP contribution in [0.3, 0.4) is 0 Å². The fraction of sp³-hybridized carbons (Fsp3) is 0.796. The van der Waals surface area contributed by atoms with Crippen molar-refractivity contribution in [2.24, 2.45) is 40.7 Å². The number of nitrogens with one attached hydrogen (secondary N) is 10. The molecule has 1 aliphatic heterocycles. The maximum Gasteiger partial charge on any atom is 0.245 e. The van der Waals surface area contributed by atoms with Crippen LogP contribution in [0.2, 0.25) is 0 Å². The molecule has 76 heavy (non-hydrogen) atoms. The molecule has 12 atom stereocenters. The zero-order valence-electron chi connectivity index (χ0n) is 45.8. The molecule has 26 nitrogen and oxygen atoms in total. The van der Waals surface area contributed by atoms with E-state index in [1.807, 2.05) is 0 Å². The number of unbranched alkanes of at least 4 members (excludes halogenated alkanes) is 1. The molecular formula is C49H93ClN14O12. The number of aliphatic hydroxyl groups is 2. The third-order valence-corrected chi connectivity index (χ3v) is 12.6. The van der Waals surface area contributed by atoms with Crippen molar-refractivity contribution in [1.29, 1.82) is 0 Å². The smallest absolute Gasteiger partial charge is 0.245 e. The molecule has 0 spiro atoms. The summed E-state index contributed by atoms with van der Waals surface area (Å²) in [5.74, 6) is -8.33. The number of hydrogen-bond donors (Lipinski definition) is 16. The molecule has 0 aliphatic carbocycles. The van der Waals surface area contributed by atoms with Gasteiger partial charge in [-0.25, -0.2) is 0 Å². The lowest BCUT2D eigenvalue weighted by molar-refractivity contribution is -0.136. The fourth-order valence-corrected chi connectivity index (χ4v) is 8.05. The highest BCUT2D eigenvalue weighted by Crippen LogP contribution is 2.14. The highest BCUT2D eigenvalue weighted by Gasteiger charge is 2.37. The molecule has 1 heterocycles. The van der Waals surface area contributed by atoms with Crippen molar-refractivity contribution >= 4 is 71.5 Å². The third kappa shape index (κ3) is 26.2. The first-order chi connectivity index (χ1) is 35.3. The van der Waals surface area contributed by atoms with Crippen LogP contribution in [0.5, 0.6) is 0 Å². The first-order valence-corrected chi connectivity index (χ1v) is 26.5. The minimum absolute atomic E-state index is 0. The van der Waals surface area contributed by atoms with E-state index in [0.717, 1.165) is 19.3 Å². The molecule has 0 saturated carbocycles. The van der Waals surface area contributed by atoms with Crippen LogP contribution < -0.4 is 76.1 Å². The van der Waals surface area contributed by atoms with E-state index in [4.69, 9.17) is 22.9 Å². The Hall–Kier alpha value is -5.25. The Morgan fingerprint density at radius 3 is 1.45 bits per heavy atom. The van der Waals surface area contributed by atoms with Crippen molar-refractivity contribution in [3.05, 3.63) is 0 Å². The Balaban J connectivity index is 0.0000562. The van der Waals surface area contributed by atoms with Gasteiger partial charge in [0.1, 0.15) is 54.4 Å². The lowest BCUT2D eigenvalue weighted by atomic mass is 9.99. The molecule has 1 aliphatic rings. The normalized spacial score (nSPS) is 23.8. The summed E-state index contributed by atoms with van der Waals surface area (Å²) in [4.78, 5) is 138. The summed E-state index contributed by atoms with van der Waals surface area (Å²) in [6, 6.07) is -12.8. The van der Waals surface area contributed by atoms with Crippen molar-refractivity contribution in [3.8, 4) is 0 Å². The van der Waals surface area contributed by atoms with Crippen molar-refractivity contribution in [2.45, 2.75) is 199 Å². The maximum atomic E-state index is 14.3. The summed E-state index contributed by atoms with van der Waals surface area (Å²) in [6.45, 7) is 12.9. The Morgan fingerprint density at radius 1 is 0.579 bits per heavy atom. The molecule has 10 amide bonds. The van der Waals surface area contributed by atoms with Crippen LogP contribution in [0.25, 0.3) is 0 Å². The first-order valence-electron chi connectivity index (χ1n) is 26.5. The van der Waals surface area contributed by atoms with Crippen LogP contribution in [0.1, 0.15) is 132 Å². The molecule has 0 bridgehead atoms. The third-order valence-electron chi connectivity index (χ3n) is 12.6. The van der Waals surface area contributed by atoms with Gasteiger partial charge in [-0.3, -0.25) is 47.9 Å². The van der Waals surface area contributed by atoms with Gasteiger partial charge in [0, 0.05) is 13.0 Å². The lowest BCUT2D eigenvalue weighted by Crippen LogP contribution is -2.61. The van der Waals surface area contributed by atoms with Crippen molar-refractivity contribution < 1.29 is 58.2 Å². The quantitative estimate of drug-likeness (QED) is 0.0389. The predicted molar refractivity (Wildman–Crippen MR) is 287 cm³/mol. The van der Waals surface area contributed by atoms with E-state index >= 15 is 0 Å². The molecule has 438 valence electrons. The minimum Gasteiger partial charge on any atom is -0.391 e. The highest BCUT2D eigenvalue weighted by molar-refractivity contribution is 5.98. The standard InChI is InChI=1S/C49H92N14O12.ClH/c1-9-28(6)12-10-11-13-38(66)62-40(30(8)65)49(75)59-33(16-21-52)42(68)58-35-18-23-54-48(74)39(29(7)64)63-45(71)34(17-22-53)56-41(67)31(14-19-50)57-46(72)36(24-26(2)3)61-47(73)37(25-27(4)5)60-43(69)32(15-20-51)55-44(35)70;/h26-37,39-40,64-65H,9-25,50-53H2,1-8H3,(H,54,74)(H,55,70)(H,56,67)(H,57,72)(H,58,68)(H,59,75)(H,60,69)(H,61,73)(H,62,66)(H,63,71);1H. The van der Waals surface area contributed by atoms with Crippen molar-refractivity contribution in [1.82, 2.24) is 53.2 Å². The number of carbonyl (C=O) groups excluding carboxylic acids is 10. The summed E-state index contributed by atoms with van der Waals surface area (Å²) in [7, 11) is 0. The molecule has 20 N–H and O–H groups in total. The number of rotatable bonds is 25. The summed E-state index contributed by atoms with van der Waals surface area (Å²) < 4.78 is 0. The van der Waals surface area contributed by atoms with E-state index in [-0.39, 0.29) is 95.4 Å². The molecule has 1 rings (SSSR count). The number of aliphatic hydroxyl groups excluding tert-OH is 2. The number of hydrogen-bond acceptors (Lipinski definition) is 16. The summed E-state index contributed by atoms with van der Waals surface area (Å²) >= 11 is 0. The second kappa shape index (κ2) is 37.5. The second-order valence-electron chi connectivity index (χ2n) is 20.3. The van der Waals surface area contributed by atoms with E-state index in [9.17, 15) is 58.2 Å². The van der Waals surface area contributed by atoms with Gasteiger partial charge in [0.15, 0.2) is 0 Å². The topological polar surface area (TPSA) is 436 Å². The van der Waals surface area contributed by atoms with Crippen LogP contribution in [0.4, 0.5) is 0 Å². The summed E-state index contributed by atoms with van der Waals surface area (Å²) in [5, 5.41) is 46.8. The van der Waals surface area contributed by atoms with Gasteiger partial charge in [-0.1, -0.05) is 60.8 Å². The number of halogens is 1. The number of nitrogens with two attached hydrogens (primary N) is 4. The molecule has 27 heteroatoms. The van der Waals surface area contributed by atoms with Gasteiger partial charge in [0.05, 0.1) is 12.2 Å². The molecule has 0 radical (unpaired) electrons. The monoisotopic (exact) mass is 1100 g/mol. The fourth-order valence-electron chi connectivity index (χ4n) is 8.05. The van der Waals surface area contributed by atoms with Gasteiger partial charge >= 0.3 is 0 Å². The SMILES string of the molecule is CCC(C)CCCCC(=O)NC(C(=O)NC(CCN)C(=O)NC1CCNC(=O)C(C(C)O)NC(=O)C(CCN)NC(=O)C(CCN)NC(=O)C(CC(C)C)NC(=O)C(CC(C)C)NC(=O)C(CCN)NC1=O)C(C)O.Cl. The average molecular weight is 1110 g/mol. The van der Waals surface area contributed by atoms with Gasteiger partial charge in [-0.05, 0) is 109 Å². The van der Waals surface area contributed by atoms with E-state index < -0.39 is 139 Å². The average Bonchev–Trinajstić information content (AvgIpc) is 3.33. The van der Waals surface area contributed by atoms with Gasteiger partial charge in [0.25, 0.3) is 0 Å². The van der Waals surface area contributed by atoms with Crippen molar-refractivity contribution in [3.63, 3.8) is 0 Å². The molecule has 0 aromatic carbocycles. The maximum absolute atomic E-state index is 14.3.